The summed E-state index contributed by atoms with van der Waals surface area (Å²) in [5, 5.41) is -1.16. The predicted octanol–water partition coefficient (Wildman–Crippen LogP) is 0.516. The molecule has 0 amide bonds. The average molecular weight is 354 g/mol. The van der Waals surface area contributed by atoms with Crippen molar-refractivity contribution in [1.82, 2.24) is 4.31 Å². The maximum atomic E-state index is 13.5. The lowest BCUT2D eigenvalue weighted by atomic mass is 10.3. The Morgan fingerprint density at radius 2 is 2.00 bits per heavy atom. The Bertz CT molecular complexity index is 749. The number of thioether (sulfide) groups is 1. The monoisotopic (exact) mass is 354 g/mol. The highest BCUT2D eigenvalue weighted by molar-refractivity contribution is 8.01. The highest BCUT2D eigenvalue weighted by Crippen LogP contribution is 2.30. The van der Waals surface area contributed by atoms with Crippen LogP contribution in [0.1, 0.15) is 0 Å². The third-order valence-electron chi connectivity index (χ3n) is 3.13. The van der Waals surface area contributed by atoms with E-state index < -0.39 is 41.6 Å². The van der Waals surface area contributed by atoms with Gasteiger partial charge < -0.3 is 5.73 Å². The van der Waals surface area contributed by atoms with Gasteiger partial charge in [-0.25, -0.2) is 21.2 Å². The van der Waals surface area contributed by atoms with E-state index in [1.54, 1.807) is 0 Å². The van der Waals surface area contributed by atoms with Crippen LogP contribution in [-0.4, -0.2) is 50.8 Å². The molecule has 6 nitrogen and oxygen atoms in total. The molecule has 0 spiro atoms. The fourth-order valence-corrected chi connectivity index (χ4v) is 7.34. The Kier molecular flexibility index (Phi) is 4.52. The number of halogens is 1. The van der Waals surface area contributed by atoms with Crippen LogP contribution in [0.4, 0.5) is 10.1 Å². The molecule has 0 aromatic heterocycles. The van der Waals surface area contributed by atoms with E-state index in [0.717, 1.165) is 16.6 Å². The molecule has 0 bridgehead atoms. The first-order valence-corrected chi connectivity index (χ1v) is 10.5. The number of benzene rings is 1. The van der Waals surface area contributed by atoms with E-state index in [1.165, 1.54) is 23.9 Å². The minimum Gasteiger partial charge on any atom is -0.395 e. The molecule has 1 aromatic carbocycles. The normalized spacial score (nSPS) is 21.3. The van der Waals surface area contributed by atoms with Gasteiger partial charge in [0.05, 0.1) is 5.69 Å². The van der Waals surface area contributed by atoms with Crippen molar-refractivity contribution in [2.75, 3.05) is 30.0 Å². The first-order valence-electron chi connectivity index (χ1n) is 5.98. The van der Waals surface area contributed by atoms with Crippen molar-refractivity contribution in [2.45, 2.75) is 10.3 Å². The molecule has 1 saturated heterocycles. The molecule has 1 heterocycles. The number of nitrogen functional groups attached to an aromatic ring is 1. The van der Waals surface area contributed by atoms with Gasteiger partial charge in [-0.3, -0.25) is 0 Å². The molecule has 2 rings (SSSR count). The molecule has 1 aliphatic heterocycles. The van der Waals surface area contributed by atoms with Gasteiger partial charge in [-0.15, -0.1) is 0 Å². The molecule has 0 radical (unpaired) electrons. The zero-order valence-electron chi connectivity index (χ0n) is 11.2. The molecule has 1 fully saturated rings. The number of sulfonamides is 1. The van der Waals surface area contributed by atoms with Crippen molar-refractivity contribution in [2.24, 2.45) is 0 Å². The molecule has 1 aliphatic rings. The summed E-state index contributed by atoms with van der Waals surface area (Å²) in [4.78, 5) is -0.400. The third kappa shape index (κ3) is 3.17. The van der Waals surface area contributed by atoms with E-state index in [0.29, 0.717) is 5.75 Å². The maximum Gasteiger partial charge on any atom is 0.246 e. The lowest BCUT2D eigenvalue weighted by Gasteiger charge is -2.33. The molecular formula is C11H15FN2O4S3. The third-order valence-corrected chi connectivity index (χ3v) is 7.87. The quantitative estimate of drug-likeness (QED) is 0.795. The van der Waals surface area contributed by atoms with Crippen molar-refractivity contribution in [1.29, 1.82) is 0 Å². The highest BCUT2D eigenvalue weighted by atomic mass is 32.2. The number of anilines is 1. The van der Waals surface area contributed by atoms with E-state index in [1.807, 2.05) is 0 Å². The van der Waals surface area contributed by atoms with E-state index in [2.05, 4.69) is 0 Å². The second-order valence-electron chi connectivity index (χ2n) is 4.63. The Morgan fingerprint density at radius 3 is 2.62 bits per heavy atom. The molecule has 0 saturated carbocycles. The van der Waals surface area contributed by atoms with Gasteiger partial charge in [0.1, 0.15) is 16.1 Å². The van der Waals surface area contributed by atoms with Crippen LogP contribution in [0.15, 0.2) is 23.1 Å². The van der Waals surface area contributed by atoms with Gasteiger partial charge in [-0.2, -0.15) is 16.1 Å². The summed E-state index contributed by atoms with van der Waals surface area (Å²) in [6.07, 6.45) is 0.987. The summed E-state index contributed by atoms with van der Waals surface area (Å²) in [6.45, 7) is 0.0424. The van der Waals surface area contributed by atoms with Gasteiger partial charge in [0, 0.05) is 24.3 Å². The second-order valence-corrected chi connectivity index (χ2v) is 9.84. The minimum absolute atomic E-state index is 0.0424. The Hall–Kier alpha value is -0.840. The summed E-state index contributed by atoms with van der Waals surface area (Å²) in [5.74, 6) is -0.230. The van der Waals surface area contributed by atoms with Crippen LogP contribution in [0.5, 0.6) is 0 Å². The van der Waals surface area contributed by atoms with Gasteiger partial charge >= 0.3 is 0 Å². The Balaban J connectivity index is 2.54. The number of hydrogen-bond donors (Lipinski definition) is 1. The second kappa shape index (κ2) is 5.75. The van der Waals surface area contributed by atoms with Crippen molar-refractivity contribution >= 4 is 37.3 Å². The van der Waals surface area contributed by atoms with Crippen LogP contribution in [0.2, 0.25) is 0 Å². The standard InChI is InChI=1S/C11H15FN2O4S3/c1-20(15,16)10-7-19-6-5-14(10)21(17,18)9-4-2-3-8(12)11(9)13/h2-4,10H,5-7,13H2,1H3. The van der Waals surface area contributed by atoms with Gasteiger partial charge in [0.2, 0.25) is 10.0 Å². The summed E-state index contributed by atoms with van der Waals surface area (Å²) in [6, 6.07) is 3.45. The Labute approximate surface area is 127 Å². The maximum absolute atomic E-state index is 13.5. The lowest BCUT2D eigenvalue weighted by molar-refractivity contribution is 0.405. The smallest absolute Gasteiger partial charge is 0.246 e. The fourth-order valence-electron chi connectivity index (χ4n) is 2.05. The molecule has 1 aromatic rings. The van der Waals surface area contributed by atoms with Crippen LogP contribution in [-0.2, 0) is 19.9 Å². The van der Waals surface area contributed by atoms with Crippen LogP contribution in [0, 0.1) is 5.82 Å². The summed E-state index contributed by atoms with van der Waals surface area (Å²) < 4.78 is 63.2. The number of nitrogens with zero attached hydrogens (tertiary/aromatic N) is 1. The van der Waals surface area contributed by atoms with Crippen molar-refractivity contribution in [3.8, 4) is 0 Å². The van der Waals surface area contributed by atoms with Crippen molar-refractivity contribution < 1.29 is 21.2 Å². The fraction of sp³-hybridized carbons (Fsp3) is 0.455. The van der Waals surface area contributed by atoms with Crippen LogP contribution in [0.3, 0.4) is 0 Å². The number of rotatable bonds is 3. The van der Waals surface area contributed by atoms with Crippen LogP contribution < -0.4 is 5.73 Å². The molecule has 21 heavy (non-hydrogen) atoms. The molecule has 10 heteroatoms. The van der Waals surface area contributed by atoms with Gasteiger partial charge in [-0.1, -0.05) is 6.07 Å². The van der Waals surface area contributed by atoms with E-state index in [4.69, 9.17) is 5.73 Å². The number of nitrogens with two attached hydrogens (primary N) is 1. The van der Waals surface area contributed by atoms with Crippen molar-refractivity contribution in [3.05, 3.63) is 24.0 Å². The van der Waals surface area contributed by atoms with Crippen molar-refractivity contribution in [3.63, 3.8) is 0 Å². The minimum atomic E-state index is -4.17. The first kappa shape index (κ1) is 16.5. The SMILES string of the molecule is CS(=O)(=O)C1CSCCN1S(=O)(=O)c1cccc(F)c1N. The van der Waals surface area contributed by atoms with Crippen LogP contribution in [0.25, 0.3) is 0 Å². The highest BCUT2D eigenvalue weighted by Gasteiger charge is 2.40. The molecule has 1 atom stereocenters. The molecule has 118 valence electrons. The summed E-state index contributed by atoms with van der Waals surface area (Å²) in [5.41, 5.74) is 5.00. The molecular weight excluding hydrogens is 339 g/mol. The zero-order chi connectivity index (χ0) is 15.8. The lowest BCUT2D eigenvalue weighted by Crippen LogP contribution is -2.49. The van der Waals surface area contributed by atoms with Gasteiger partial charge in [0.25, 0.3) is 0 Å². The first-order chi connectivity index (χ1) is 9.65. The largest absolute Gasteiger partial charge is 0.395 e. The summed E-state index contributed by atoms with van der Waals surface area (Å²) in [7, 11) is -7.77. The number of hydrogen-bond acceptors (Lipinski definition) is 6. The summed E-state index contributed by atoms with van der Waals surface area (Å²) >= 11 is 1.36. The topological polar surface area (TPSA) is 97.5 Å². The molecule has 0 aliphatic carbocycles. The Morgan fingerprint density at radius 1 is 1.33 bits per heavy atom. The average Bonchev–Trinajstić information content (AvgIpc) is 2.41. The number of sulfone groups is 1. The van der Waals surface area contributed by atoms with E-state index >= 15 is 0 Å². The number of para-hydroxylation sites is 1. The van der Waals surface area contributed by atoms with E-state index in [9.17, 15) is 21.2 Å². The predicted molar refractivity (Wildman–Crippen MR) is 80.7 cm³/mol. The molecule has 1 unspecified atom stereocenters. The zero-order valence-corrected chi connectivity index (χ0v) is 13.6. The van der Waals surface area contributed by atoms with Gasteiger partial charge in [-0.05, 0) is 12.1 Å². The van der Waals surface area contributed by atoms with E-state index in [-0.39, 0.29) is 12.3 Å². The molecule has 2 N–H and O–H groups in total. The van der Waals surface area contributed by atoms with Gasteiger partial charge in [0.15, 0.2) is 9.84 Å². The van der Waals surface area contributed by atoms with Crippen LogP contribution >= 0.6 is 11.8 Å².